The van der Waals surface area contributed by atoms with E-state index in [-0.39, 0.29) is 12.1 Å². The van der Waals surface area contributed by atoms with Crippen molar-refractivity contribution >= 4 is 0 Å². The molecule has 0 aromatic heterocycles. The smallest absolute Gasteiger partial charge is 0.0797 e. The minimum absolute atomic E-state index is 0.127. The van der Waals surface area contributed by atoms with E-state index in [9.17, 15) is 5.11 Å². The Labute approximate surface area is 116 Å². The molecule has 0 aliphatic heterocycles. The van der Waals surface area contributed by atoms with Crippen LogP contribution in [0.15, 0.2) is 30.3 Å². The highest BCUT2D eigenvalue weighted by Crippen LogP contribution is 2.28. The van der Waals surface area contributed by atoms with Crippen LogP contribution in [0.25, 0.3) is 0 Å². The number of benzene rings is 1. The van der Waals surface area contributed by atoms with Gasteiger partial charge >= 0.3 is 0 Å². The minimum Gasteiger partial charge on any atom is -0.394 e. The number of aliphatic hydroxyl groups is 1. The van der Waals surface area contributed by atoms with Crippen LogP contribution in [-0.4, -0.2) is 42.8 Å². The van der Waals surface area contributed by atoms with Crippen molar-refractivity contribution < 1.29 is 5.11 Å². The van der Waals surface area contributed by atoms with E-state index in [2.05, 4.69) is 36.3 Å². The van der Waals surface area contributed by atoms with Gasteiger partial charge in [-0.15, -0.1) is 0 Å². The van der Waals surface area contributed by atoms with Crippen LogP contribution in [0.2, 0.25) is 0 Å². The molecule has 1 unspecified atom stereocenters. The standard InChI is InChI=1S/C16H26N2O/c1-3-17-16(13-19,14-8-5-4-6-9-14)12-18(2)15-10-7-11-15/h4-6,8-9,15,17,19H,3,7,10-13H2,1-2H3. The molecule has 3 nitrogen and oxygen atoms in total. The summed E-state index contributed by atoms with van der Waals surface area (Å²) in [5.41, 5.74) is 0.825. The van der Waals surface area contributed by atoms with Gasteiger partial charge in [-0.2, -0.15) is 0 Å². The SMILES string of the molecule is CCNC(CO)(CN(C)C1CCC1)c1ccccc1. The molecule has 2 N–H and O–H groups in total. The maximum atomic E-state index is 9.99. The number of hydrogen-bond acceptors (Lipinski definition) is 3. The van der Waals surface area contributed by atoms with E-state index in [1.54, 1.807) is 0 Å². The van der Waals surface area contributed by atoms with E-state index in [1.165, 1.54) is 24.8 Å². The van der Waals surface area contributed by atoms with Crippen molar-refractivity contribution in [2.24, 2.45) is 0 Å². The van der Waals surface area contributed by atoms with Crippen LogP contribution in [0.5, 0.6) is 0 Å². The number of rotatable bonds is 7. The Balaban J connectivity index is 2.18. The molecule has 0 heterocycles. The minimum atomic E-state index is -0.347. The number of hydrogen-bond donors (Lipinski definition) is 2. The summed E-state index contributed by atoms with van der Waals surface area (Å²) in [6.45, 7) is 3.93. The molecule has 19 heavy (non-hydrogen) atoms. The molecular formula is C16H26N2O. The topological polar surface area (TPSA) is 35.5 Å². The highest BCUT2D eigenvalue weighted by molar-refractivity contribution is 5.25. The summed E-state index contributed by atoms with van der Waals surface area (Å²) in [6, 6.07) is 11.0. The van der Waals surface area contributed by atoms with Gasteiger partial charge in [0, 0.05) is 12.6 Å². The predicted molar refractivity (Wildman–Crippen MR) is 79.2 cm³/mol. The highest BCUT2D eigenvalue weighted by Gasteiger charge is 2.34. The number of likely N-dealkylation sites (N-methyl/N-ethyl adjacent to an activating group) is 2. The van der Waals surface area contributed by atoms with Crippen molar-refractivity contribution in [1.82, 2.24) is 10.2 Å². The third-order valence-corrected chi connectivity index (χ3v) is 4.33. The molecule has 0 bridgehead atoms. The second-order valence-electron chi connectivity index (χ2n) is 5.64. The maximum absolute atomic E-state index is 9.99. The third kappa shape index (κ3) is 3.16. The van der Waals surface area contributed by atoms with Gasteiger partial charge in [0.25, 0.3) is 0 Å². The lowest BCUT2D eigenvalue weighted by atomic mass is 9.86. The number of nitrogens with one attached hydrogen (secondary N) is 1. The van der Waals surface area contributed by atoms with E-state index < -0.39 is 0 Å². The predicted octanol–water partition coefficient (Wildman–Crippen LogP) is 1.97. The monoisotopic (exact) mass is 262 g/mol. The van der Waals surface area contributed by atoms with E-state index >= 15 is 0 Å². The van der Waals surface area contributed by atoms with Crippen LogP contribution in [0.4, 0.5) is 0 Å². The van der Waals surface area contributed by atoms with Gasteiger partial charge < -0.3 is 15.3 Å². The Morgan fingerprint density at radius 1 is 1.32 bits per heavy atom. The van der Waals surface area contributed by atoms with Gasteiger partial charge in [0.05, 0.1) is 12.1 Å². The van der Waals surface area contributed by atoms with Gasteiger partial charge in [0.1, 0.15) is 0 Å². The third-order valence-electron chi connectivity index (χ3n) is 4.33. The Hall–Kier alpha value is -0.900. The summed E-state index contributed by atoms with van der Waals surface area (Å²) >= 11 is 0. The van der Waals surface area contributed by atoms with Crippen LogP contribution in [0.1, 0.15) is 31.7 Å². The first-order chi connectivity index (χ1) is 9.22. The van der Waals surface area contributed by atoms with E-state index in [0.29, 0.717) is 6.04 Å². The van der Waals surface area contributed by atoms with Gasteiger partial charge in [0.15, 0.2) is 0 Å². The molecule has 106 valence electrons. The Morgan fingerprint density at radius 3 is 2.47 bits per heavy atom. The number of aliphatic hydroxyl groups excluding tert-OH is 1. The number of nitrogens with zero attached hydrogens (tertiary/aromatic N) is 1. The Morgan fingerprint density at radius 2 is 2.00 bits per heavy atom. The van der Waals surface area contributed by atoms with E-state index in [1.807, 2.05) is 18.2 Å². The van der Waals surface area contributed by atoms with Crippen molar-refractivity contribution in [1.29, 1.82) is 0 Å². The van der Waals surface area contributed by atoms with Gasteiger partial charge in [-0.25, -0.2) is 0 Å². The molecule has 0 radical (unpaired) electrons. The molecule has 1 aromatic rings. The molecule has 3 heteroatoms. The van der Waals surface area contributed by atoms with Crippen LogP contribution >= 0.6 is 0 Å². The summed E-state index contributed by atoms with van der Waals surface area (Å²) in [4.78, 5) is 2.40. The van der Waals surface area contributed by atoms with Gasteiger partial charge in [-0.1, -0.05) is 43.7 Å². The highest BCUT2D eigenvalue weighted by atomic mass is 16.3. The molecule has 0 spiro atoms. The van der Waals surface area contributed by atoms with E-state index in [0.717, 1.165) is 13.1 Å². The maximum Gasteiger partial charge on any atom is 0.0797 e. The van der Waals surface area contributed by atoms with Crippen LogP contribution < -0.4 is 5.32 Å². The fourth-order valence-electron chi connectivity index (χ4n) is 2.92. The average Bonchev–Trinajstić information content (AvgIpc) is 2.37. The van der Waals surface area contributed by atoms with Crippen molar-refractivity contribution in [3.63, 3.8) is 0 Å². The fourth-order valence-corrected chi connectivity index (χ4v) is 2.92. The molecule has 2 rings (SSSR count). The normalized spacial score (nSPS) is 19.2. The Kier molecular flexibility index (Phi) is 4.97. The average molecular weight is 262 g/mol. The zero-order valence-corrected chi connectivity index (χ0v) is 12.1. The largest absolute Gasteiger partial charge is 0.394 e. The summed E-state index contributed by atoms with van der Waals surface area (Å²) in [6.07, 6.45) is 3.92. The van der Waals surface area contributed by atoms with Crippen molar-refractivity contribution in [2.45, 2.75) is 37.8 Å². The van der Waals surface area contributed by atoms with Crippen molar-refractivity contribution in [2.75, 3.05) is 26.7 Å². The quantitative estimate of drug-likeness (QED) is 0.788. The lowest BCUT2D eigenvalue weighted by Gasteiger charge is -2.42. The van der Waals surface area contributed by atoms with Crippen molar-refractivity contribution in [3.8, 4) is 0 Å². The van der Waals surface area contributed by atoms with Gasteiger partial charge in [-0.05, 0) is 32.0 Å². The molecule has 1 fully saturated rings. The molecule has 1 aliphatic carbocycles. The lowest BCUT2D eigenvalue weighted by molar-refractivity contribution is 0.0750. The molecule has 0 amide bonds. The fraction of sp³-hybridized carbons (Fsp3) is 0.625. The van der Waals surface area contributed by atoms with E-state index in [4.69, 9.17) is 0 Å². The first-order valence-corrected chi connectivity index (χ1v) is 7.33. The molecule has 0 saturated heterocycles. The molecular weight excluding hydrogens is 236 g/mol. The van der Waals surface area contributed by atoms with Crippen LogP contribution in [0.3, 0.4) is 0 Å². The lowest BCUT2D eigenvalue weighted by Crippen LogP contribution is -2.55. The molecule has 1 atom stereocenters. The van der Waals surface area contributed by atoms with Gasteiger partial charge in [0.2, 0.25) is 0 Å². The summed E-state index contributed by atoms with van der Waals surface area (Å²) in [5.74, 6) is 0. The first kappa shape index (κ1) is 14.5. The zero-order valence-electron chi connectivity index (χ0n) is 12.1. The summed E-state index contributed by atoms with van der Waals surface area (Å²) < 4.78 is 0. The summed E-state index contributed by atoms with van der Waals surface area (Å²) in [5, 5.41) is 13.5. The summed E-state index contributed by atoms with van der Waals surface area (Å²) in [7, 11) is 2.18. The first-order valence-electron chi connectivity index (χ1n) is 7.33. The Bertz CT molecular complexity index is 378. The zero-order chi connectivity index (χ0) is 13.7. The molecule has 1 aliphatic rings. The molecule has 1 saturated carbocycles. The second kappa shape index (κ2) is 6.51. The van der Waals surface area contributed by atoms with Gasteiger partial charge in [-0.3, -0.25) is 0 Å². The molecule has 1 aromatic carbocycles. The van der Waals surface area contributed by atoms with Crippen LogP contribution in [-0.2, 0) is 5.54 Å². The van der Waals surface area contributed by atoms with Crippen molar-refractivity contribution in [3.05, 3.63) is 35.9 Å². The van der Waals surface area contributed by atoms with Crippen LogP contribution in [0, 0.1) is 0 Å². The second-order valence-corrected chi connectivity index (χ2v) is 5.64.